The molecule has 1 aromatic carbocycles. The Balaban J connectivity index is 1.88. The van der Waals surface area contributed by atoms with E-state index in [0.717, 1.165) is 63.1 Å². The third kappa shape index (κ3) is 6.59. The first-order valence-corrected chi connectivity index (χ1v) is 9.69. The highest BCUT2D eigenvalue weighted by Gasteiger charge is 2.21. The Bertz CT molecular complexity index is 608. The quantitative estimate of drug-likeness (QED) is 0.522. The number of ether oxygens (including phenoxy) is 2. The van der Waals surface area contributed by atoms with Crippen molar-refractivity contribution in [3.8, 4) is 11.5 Å². The normalized spacial score (nSPS) is 19.0. The van der Waals surface area contributed by atoms with Crippen molar-refractivity contribution in [1.29, 1.82) is 0 Å². The maximum atomic E-state index is 5.38. The van der Waals surface area contributed by atoms with Gasteiger partial charge in [0.1, 0.15) is 0 Å². The fourth-order valence-electron chi connectivity index (χ4n) is 3.20. The van der Waals surface area contributed by atoms with Gasteiger partial charge in [0.05, 0.1) is 20.8 Å². The Hall–Kier alpha value is -1.99. The van der Waals surface area contributed by atoms with E-state index in [0.29, 0.717) is 6.04 Å². The van der Waals surface area contributed by atoms with Gasteiger partial charge in [-0.25, -0.2) is 0 Å². The van der Waals surface area contributed by atoms with Crippen LogP contribution in [0.4, 0.5) is 0 Å². The fraction of sp³-hybridized carbons (Fsp3) is 0.650. The molecule has 7 heteroatoms. The van der Waals surface area contributed by atoms with Crippen molar-refractivity contribution < 1.29 is 9.47 Å². The Kier molecular flexibility index (Phi) is 8.67. The van der Waals surface area contributed by atoms with Crippen molar-refractivity contribution in [3.05, 3.63) is 23.8 Å². The summed E-state index contributed by atoms with van der Waals surface area (Å²) >= 11 is 0. The highest BCUT2D eigenvalue weighted by Crippen LogP contribution is 2.27. The van der Waals surface area contributed by atoms with Gasteiger partial charge in [0.2, 0.25) is 0 Å². The highest BCUT2D eigenvalue weighted by atomic mass is 16.5. The monoisotopic (exact) mass is 377 g/mol. The van der Waals surface area contributed by atoms with E-state index in [1.54, 1.807) is 14.2 Å². The molecule has 1 aromatic rings. The van der Waals surface area contributed by atoms with E-state index in [1.807, 2.05) is 12.1 Å². The van der Waals surface area contributed by atoms with Crippen molar-refractivity contribution in [2.45, 2.75) is 19.4 Å². The smallest absolute Gasteiger partial charge is 0.191 e. The first-order chi connectivity index (χ1) is 13.1. The molecule has 1 fully saturated rings. The first-order valence-electron chi connectivity index (χ1n) is 9.69. The molecule has 1 heterocycles. The maximum Gasteiger partial charge on any atom is 0.191 e. The summed E-state index contributed by atoms with van der Waals surface area (Å²) in [6.45, 7) is 7.83. The SMILES string of the molecule is CCNC(=NCC1CN(C)CCN1C)NCCc1ccc(OC)c(OC)c1. The molecular weight excluding hydrogens is 342 g/mol. The zero-order chi connectivity index (χ0) is 19.6. The standard InChI is InChI=1S/C20H35N5O2/c1-6-21-20(23-14-17-15-24(2)11-12-25(17)3)22-10-9-16-7-8-18(26-4)19(13-16)27-5/h7-8,13,17H,6,9-12,14-15H2,1-5H3,(H2,21,22,23). The van der Waals surface area contributed by atoms with Crippen molar-refractivity contribution in [1.82, 2.24) is 20.4 Å². The third-order valence-electron chi connectivity index (χ3n) is 4.94. The molecule has 1 atom stereocenters. The molecule has 27 heavy (non-hydrogen) atoms. The minimum Gasteiger partial charge on any atom is -0.493 e. The topological polar surface area (TPSA) is 61.4 Å². The van der Waals surface area contributed by atoms with E-state index in [2.05, 4.69) is 47.5 Å². The predicted octanol–water partition coefficient (Wildman–Crippen LogP) is 1.05. The summed E-state index contributed by atoms with van der Waals surface area (Å²) in [6, 6.07) is 6.50. The number of hydrogen-bond donors (Lipinski definition) is 2. The van der Waals surface area contributed by atoms with Gasteiger partial charge in [-0.2, -0.15) is 0 Å². The Labute approximate surface area is 163 Å². The number of nitrogens with zero attached hydrogens (tertiary/aromatic N) is 3. The second kappa shape index (κ2) is 11.0. The van der Waals surface area contributed by atoms with Crippen LogP contribution in [0.25, 0.3) is 0 Å². The summed E-state index contributed by atoms with van der Waals surface area (Å²) in [4.78, 5) is 9.57. The van der Waals surface area contributed by atoms with Crippen LogP contribution < -0.4 is 20.1 Å². The second-order valence-corrected chi connectivity index (χ2v) is 6.98. The maximum absolute atomic E-state index is 5.38. The molecule has 0 spiro atoms. The molecule has 0 bridgehead atoms. The number of benzene rings is 1. The van der Waals surface area contributed by atoms with Crippen LogP contribution in [0.2, 0.25) is 0 Å². The van der Waals surface area contributed by atoms with Crippen LogP contribution in [-0.2, 0) is 6.42 Å². The van der Waals surface area contributed by atoms with Crippen molar-refractivity contribution in [2.75, 3.05) is 67.6 Å². The number of guanidine groups is 1. The molecule has 152 valence electrons. The van der Waals surface area contributed by atoms with Gasteiger partial charge in [-0.3, -0.25) is 9.89 Å². The molecule has 1 aliphatic heterocycles. The van der Waals surface area contributed by atoms with Crippen LogP contribution in [0.5, 0.6) is 11.5 Å². The molecule has 1 unspecified atom stereocenters. The Morgan fingerprint density at radius 1 is 1.15 bits per heavy atom. The van der Waals surface area contributed by atoms with E-state index >= 15 is 0 Å². The minimum atomic E-state index is 0.463. The lowest BCUT2D eigenvalue weighted by molar-refractivity contribution is 0.119. The molecule has 0 amide bonds. The van der Waals surface area contributed by atoms with E-state index < -0.39 is 0 Å². The van der Waals surface area contributed by atoms with Crippen molar-refractivity contribution in [2.24, 2.45) is 4.99 Å². The van der Waals surface area contributed by atoms with Crippen LogP contribution in [-0.4, -0.2) is 89.4 Å². The van der Waals surface area contributed by atoms with Gasteiger partial charge in [-0.05, 0) is 45.1 Å². The summed E-state index contributed by atoms with van der Waals surface area (Å²) in [6.07, 6.45) is 0.886. The number of rotatable bonds is 8. The van der Waals surface area contributed by atoms with E-state index in [9.17, 15) is 0 Å². The average molecular weight is 378 g/mol. The predicted molar refractivity (Wildman–Crippen MR) is 111 cm³/mol. The van der Waals surface area contributed by atoms with Crippen molar-refractivity contribution >= 4 is 5.96 Å². The van der Waals surface area contributed by atoms with E-state index in [-0.39, 0.29) is 0 Å². The van der Waals surface area contributed by atoms with Gasteiger partial charge in [-0.15, -0.1) is 0 Å². The summed E-state index contributed by atoms with van der Waals surface area (Å²) < 4.78 is 10.7. The molecule has 0 aromatic heterocycles. The van der Waals surface area contributed by atoms with Gasteiger partial charge in [-0.1, -0.05) is 6.07 Å². The fourth-order valence-corrected chi connectivity index (χ4v) is 3.20. The lowest BCUT2D eigenvalue weighted by Gasteiger charge is -2.36. The van der Waals surface area contributed by atoms with Gasteiger partial charge in [0.25, 0.3) is 0 Å². The number of likely N-dealkylation sites (N-methyl/N-ethyl adjacent to an activating group) is 2. The Morgan fingerprint density at radius 2 is 1.93 bits per heavy atom. The van der Waals surface area contributed by atoms with E-state index in [1.165, 1.54) is 5.56 Å². The summed E-state index contributed by atoms with van der Waals surface area (Å²) in [5.41, 5.74) is 1.20. The number of aliphatic imine (C=N–C) groups is 1. The largest absolute Gasteiger partial charge is 0.493 e. The molecule has 0 saturated carbocycles. The number of methoxy groups -OCH3 is 2. The zero-order valence-electron chi connectivity index (χ0n) is 17.4. The van der Waals surface area contributed by atoms with Gasteiger partial charge < -0.3 is 25.0 Å². The minimum absolute atomic E-state index is 0.463. The number of nitrogens with one attached hydrogen (secondary N) is 2. The van der Waals surface area contributed by atoms with Gasteiger partial charge in [0, 0.05) is 38.8 Å². The van der Waals surface area contributed by atoms with E-state index in [4.69, 9.17) is 14.5 Å². The second-order valence-electron chi connectivity index (χ2n) is 6.98. The van der Waals surface area contributed by atoms with Crippen LogP contribution in [0.3, 0.4) is 0 Å². The average Bonchev–Trinajstić information content (AvgIpc) is 2.68. The molecule has 1 saturated heterocycles. The zero-order valence-corrected chi connectivity index (χ0v) is 17.4. The molecular formula is C20H35N5O2. The lowest BCUT2D eigenvalue weighted by atomic mass is 10.1. The summed E-state index contributed by atoms with van der Waals surface area (Å²) in [7, 11) is 7.68. The number of piperazine rings is 1. The third-order valence-corrected chi connectivity index (χ3v) is 4.94. The van der Waals surface area contributed by atoms with Crippen LogP contribution in [0.1, 0.15) is 12.5 Å². The van der Waals surface area contributed by atoms with Crippen molar-refractivity contribution in [3.63, 3.8) is 0 Å². The first kappa shape index (κ1) is 21.3. The molecule has 1 aliphatic rings. The van der Waals surface area contributed by atoms with Crippen LogP contribution in [0, 0.1) is 0 Å². The van der Waals surface area contributed by atoms with Crippen LogP contribution >= 0.6 is 0 Å². The van der Waals surface area contributed by atoms with Crippen LogP contribution in [0.15, 0.2) is 23.2 Å². The number of hydrogen-bond acceptors (Lipinski definition) is 5. The molecule has 2 N–H and O–H groups in total. The summed E-state index contributed by atoms with van der Waals surface area (Å²) in [5.74, 6) is 2.39. The molecule has 7 nitrogen and oxygen atoms in total. The van der Waals surface area contributed by atoms with Gasteiger partial charge in [0.15, 0.2) is 17.5 Å². The lowest BCUT2D eigenvalue weighted by Crippen LogP contribution is -2.51. The Morgan fingerprint density at radius 3 is 2.63 bits per heavy atom. The molecule has 0 radical (unpaired) electrons. The molecule has 0 aliphatic carbocycles. The van der Waals surface area contributed by atoms with Gasteiger partial charge >= 0.3 is 0 Å². The highest BCUT2D eigenvalue weighted by molar-refractivity contribution is 5.79. The summed E-state index contributed by atoms with van der Waals surface area (Å²) in [5, 5.41) is 6.77. The molecule has 2 rings (SSSR count).